The molecule has 0 N–H and O–H groups in total. The predicted molar refractivity (Wildman–Crippen MR) is 75.1 cm³/mol. The molecule has 4 heteroatoms. The molecule has 2 bridgehead atoms. The second kappa shape index (κ2) is 4.75. The molecule has 2 saturated carbocycles. The maximum Gasteiger partial charge on any atom is 0.225 e. The van der Waals surface area contributed by atoms with Crippen molar-refractivity contribution in [3.05, 3.63) is 18.5 Å². The average molecular weight is 258 g/mol. The number of anilines is 1. The van der Waals surface area contributed by atoms with E-state index >= 15 is 0 Å². The number of hydrogen-bond acceptors (Lipinski definition) is 4. The topological polar surface area (TPSA) is 32.3 Å². The van der Waals surface area contributed by atoms with E-state index in [1.165, 1.54) is 38.8 Å². The SMILES string of the molecule is c1cnc(N2CCN([C@@H]3C[C@@H]4CC[C@@H]3C4)CC2)nc1. The molecule has 4 rings (SSSR count). The minimum atomic E-state index is 0.887. The highest BCUT2D eigenvalue weighted by molar-refractivity contribution is 5.29. The summed E-state index contributed by atoms with van der Waals surface area (Å²) in [4.78, 5) is 13.8. The van der Waals surface area contributed by atoms with Crippen molar-refractivity contribution in [1.29, 1.82) is 0 Å². The van der Waals surface area contributed by atoms with Crippen LogP contribution < -0.4 is 4.90 Å². The molecule has 0 aromatic carbocycles. The molecule has 0 amide bonds. The third-order valence-corrected chi connectivity index (χ3v) is 5.32. The van der Waals surface area contributed by atoms with Crippen LogP contribution in [0.5, 0.6) is 0 Å². The van der Waals surface area contributed by atoms with E-state index in [9.17, 15) is 0 Å². The summed E-state index contributed by atoms with van der Waals surface area (Å²) in [5.74, 6) is 2.95. The molecule has 0 radical (unpaired) electrons. The van der Waals surface area contributed by atoms with Crippen molar-refractivity contribution in [3.8, 4) is 0 Å². The molecule has 1 aliphatic heterocycles. The fourth-order valence-electron chi connectivity index (χ4n) is 4.37. The van der Waals surface area contributed by atoms with Crippen LogP contribution in [0, 0.1) is 11.8 Å². The van der Waals surface area contributed by atoms with Gasteiger partial charge in [-0.25, -0.2) is 9.97 Å². The minimum Gasteiger partial charge on any atom is -0.338 e. The molecule has 1 aromatic rings. The predicted octanol–water partition coefficient (Wildman–Crippen LogP) is 1.79. The van der Waals surface area contributed by atoms with Gasteiger partial charge < -0.3 is 4.90 Å². The van der Waals surface area contributed by atoms with Crippen molar-refractivity contribution in [3.63, 3.8) is 0 Å². The van der Waals surface area contributed by atoms with Gasteiger partial charge in [-0.1, -0.05) is 6.42 Å². The van der Waals surface area contributed by atoms with Crippen molar-refractivity contribution in [2.75, 3.05) is 31.1 Å². The van der Waals surface area contributed by atoms with Gasteiger partial charge in [0.15, 0.2) is 0 Å². The van der Waals surface area contributed by atoms with Gasteiger partial charge in [-0.3, -0.25) is 4.90 Å². The van der Waals surface area contributed by atoms with E-state index in [2.05, 4.69) is 19.8 Å². The molecule has 1 aromatic heterocycles. The summed E-state index contributed by atoms with van der Waals surface area (Å²) in [7, 11) is 0. The molecular formula is C15H22N4. The Labute approximate surface area is 114 Å². The lowest BCUT2D eigenvalue weighted by Gasteiger charge is -2.41. The fraction of sp³-hybridized carbons (Fsp3) is 0.733. The van der Waals surface area contributed by atoms with E-state index in [0.29, 0.717) is 0 Å². The highest BCUT2D eigenvalue weighted by Gasteiger charge is 2.42. The van der Waals surface area contributed by atoms with Gasteiger partial charge in [0.05, 0.1) is 0 Å². The lowest BCUT2D eigenvalue weighted by atomic mass is 9.93. The van der Waals surface area contributed by atoms with Gasteiger partial charge in [-0.05, 0) is 37.2 Å². The number of aromatic nitrogens is 2. The van der Waals surface area contributed by atoms with E-state index < -0.39 is 0 Å². The quantitative estimate of drug-likeness (QED) is 0.809. The van der Waals surface area contributed by atoms with Gasteiger partial charge in [-0.2, -0.15) is 0 Å². The zero-order chi connectivity index (χ0) is 12.7. The van der Waals surface area contributed by atoms with Crippen LogP contribution in [-0.4, -0.2) is 47.1 Å². The first kappa shape index (κ1) is 11.6. The summed E-state index contributed by atoms with van der Waals surface area (Å²) in [5.41, 5.74) is 0. The van der Waals surface area contributed by atoms with Crippen LogP contribution in [0.1, 0.15) is 25.7 Å². The molecular weight excluding hydrogens is 236 g/mol. The zero-order valence-electron chi connectivity index (χ0n) is 11.4. The van der Waals surface area contributed by atoms with Crippen LogP contribution in [0.15, 0.2) is 18.5 Å². The van der Waals surface area contributed by atoms with E-state index in [4.69, 9.17) is 0 Å². The van der Waals surface area contributed by atoms with Crippen LogP contribution in [0.3, 0.4) is 0 Å². The van der Waals surface area contributed by atoms with Crippen LogP contribution in [-0.2, 0) is 0 Å². The Morgan fingerprint density at radius 1 is 0.947 bits per heavy atom. The average Bonchev–Trinajstić information content (AvgIpc) is 3.11. The number of fused-ring (bicyclic) bond motifs is 2. The Morgan fingerprint density at radius 2 is 1.74 bits per heavy atom. The molecule has 4 nitrogen and oxygen atoms in total. The maximum absolute atomic E-state index is 4.36. The normalized spacial score (nSPS) is 34.9. The fourth-order valence-corrected chi connectivity index (χ4v) is 4.37. The molecule has 2 aliphatic carbocycles. The molecule has 3 aliphatic rings. The molecule has 19 heavy (non-hydrogen) atoms. The summed E-state index contributed by atoms with van der Waals surface area (Å²) >= 11 is 0. The van der Waals surface area contributed by atoms with E-state index in [1.54, 1.807) is 0 Å². The standard InChI is InChI=1S/C15H22N4/c1-4-16-15(17-5-1)19-8-6-18(7-9-19)14-11-12-2-3-13(14)10-12/h1,4-5,12-14H,2-3,6-11H2/t12-,13-,14-/m1/s1. The Morgan fingerprint density at radius 3 is 2.37 bits per heavy atom. The Bertz CT molecular complexity index is 427. The van der Waals surface area contributed by atoms with E-state index in [-0.39, 0.29) is 0 Å². The largest absolute Gasteiger partial charge is 0.338 e. The Balaban J connectivity index is 1.38. The number of nitrogens with zero attached hydrogens (tertiary/aromatic N) is 4. The minimum absolute atomic E-state index is 0.887. The summed E-state index contributed by atoms with van der Waals surface area (Å²) in [5, 5.41) is 0. The second-order valence-corrected chi connectivity index (χ2v) is 6.31. The summed E-state index contributed by atoms with van der Waals surface area (Å²) in [6.45, 7) is 4.54. The van der Waals surface area contributed by atoms with Crippen LogP contribution in [0.4, 0.5) is 5.95 Å². The van der Waals surface area contributed by atoms with Gasteiger partial charge in [0.25, 0.3) is 0 Å². The smallest absolute Gasteiger partial charge is 0.225 e. The summed E-state index contributed by atoms with van der Waals surface area (Å²) in [6.07, 6.45) is 9.63. The van der Waals surface area contributed by atoms with E-state index in [1.807, 2.05) is 18.5 Å². The van der Waals surface area contributed by atoms with Gasteiger partial charge >= 0.3 is 0 Å². The molecule has 3 fully saturated rings. The van der Waals surface area contributed by atoms with Crippen molar-refractivity contribution in [2.45, 2.75) is 31.7 Å². The number of hydrogen-bond donors (Lipinski definition) is 0. The van der Waals surface area contributed by atoms with Crippen molar-refractivity contribution >= 4 is 5.95 Å². The van der Waals surface area contributed by atoms with Crippen molar-refractivity contribution < 1.29 is 0 Å². The van der Waals surface area contributed by atoms with Gasteiger partial charge in [0.2, 0.25) is 5.95 Å². The Hall–Kier alpha value is -1.16. The van der Waals surface area contributed by atoms with Crippen LogP contribution in [0.25, 0.3) is 0 Å². The lowest BCUT2D eigenvalue weighted by molar-refractivity contribution is 0.134. The van der Waals surface area contributed by atoms with Crippen molar-refractivity contribution in [1.82, 2.24) is 14.9 Å². The molecule has 2 heterocycles. The third-order valence-electron chi connectivity index (χ3n) is 5.32. The first-order chi connectivity index (χ1) is 9.40. The molecule has 1 saturated heterocycles. The monoisotopic (exact) mass is 258 g/mol. The maximum atomic E-state index is 4.36. The first-order valence-electron chi connectivity index (χ1n) is 7.66. The lowest BCUT2D eigenvalue weighted by Crippen LogP contribution is -2.52. The highest BCUT2D eigenvalue weighted by atomic mass is 15.3. The number of rotatable bonds is 2. The molecule has 3 atom stereocenters. The van der Waals surface area contributed by atoms with Crippen LogP contribution >= 0.6 is 0 Å². The van der Waals surface area contributed by atoms with Gasteiger partial charge in [0.1, 0.15) is 0 Å². The van der Waals surface area contributed by atoms with Gasteiger partial charge in [0, 0.05) is 44.6 Å². The Kier molecular flexibility index (Phi) is 2.91. The third kappa shape index (κ3) is 2.12. The van der Waals surface area contributed by atoms with Crippen LogP contribution in [0.2, 0.25) is 0 Å². The summed E-state index contributed by atoms with van der Waals surface area (Å²) < 4.78 is 0. The summed E-state index contributed by atoms with van der Waals surface area (Å²) in [6, 6.07) is 2.77. The molecule has 0 unspecified atom stereocenters. The van der Waals surface area contributed by atoms with Gasteiger partial charge in [-0.15, -0.1) is 0 Å². The zero-order valence-corrected chi connectivity index (χ0v) is 11.4. The second-order valence-electron chi connectivity index (χ2n) is 6.31. The molecule has 102 valence electrons. The highest BCUT2D eigenvalue weighted by Crippen LogP contribution is 2.46. The molecule has 0 spiro atoms. The number of piperazine rings is 1. The first-order valence-corrected chi connectivity index (χ1v) is 7.66. The van der Waals surface area contributed by atoms with E-state index in [0.717, 1.165) is 36.9 Å². The van der Waals surface area contributed by atoms with Crippen molar-refractivity contribution in [2.24, 2.45) is 11.8 Å².